The Balaban J connectivity index is 2.51. The zero-order valence-electron chi connectivity index (χ0n) is 11.6. The van der Waals surface area contributed by atoms with Gasteiger partial charge in [-0.05, 0) is 30.7 Å². The highest BCUT2D eigenvalue weighted by Crippen LogP contribution is 2.20. The fraction of sp³-hybridized carbons (Fsp3) is 0.600. The third-order valence-electron chi connectivity index (χ3n) is 2.93. The van der Waals surface area contributed by atoms with Gasteiger partial charge in [0.05, 0.1) is 0 Å². The zero-order chi connectivity index (χ0) is 13.4. The summed E-state index contributed by atoms with van der Waals surface area (Å²) in [6.45, 7) is 7.60. The van der Waals surface area contributed by atoms with Gasteiger partial charge in [-0.3, -0.25) is 0 Å². The highest BCUT2D eigenvalue weighted by molar-refractivity contribution is 7.99. The van der Waals surface area contributed by atoms with Crippen molar-refractivity contribution in [1.82, 2.24) is 5.32 Å². The van der Waals surface area contributed by atoms with Crippen LogP contribution in [0.25, 0.3) is 0 Å². The topological polar surface area (TPSA) is 32.3 Å². The molecule has 18 heavy (non-hydrogen) atoms. The molecular weight excluding hydrogens is 242 g/mol. The maximum absolute atomic E-state index is 9.02. The van der Waals surface area contributed by atoms with Crippen LogP contribution in [0.1, 0.15) is 31.0 Å². The van der Waals surface area contributed by atoms with E-state index in [2.05, 4.69) is 50.4 Å². The lowest BCUT2D eigenvalue weighted by molar-refractivity contribution is 0.250. The Hall–Kier alpha value is -0.510. The largest absolute Gasteiger partial charge is 0.396 e. The van der Waals surface area contributed by atoms with E-state index in [1.165, 1.54) is 11.1 Å². The average Bonchev–Trinajstić information content (AvgIpc) is 2.38. The van der Waals surface area contributed by atoms with Crippen LogP contribution in [0.3, 0.4) is 0 Å². The van der Waals surface area contributed by atoms with E-state index in [0.717, 1.165) is 18.1 Å². The van der Waals surface area contributed by atoms with Crippen LogP contribution in [0.15, 0.2) is 24.3 Å². The van der Waals surface area contributed by atoms with Gasteiger partial charge < -0.3 is 10.4 Å². The van der Waals surface area contributed by atoms with Crippen LogP contribution >= 0.6 is 11.8 Å². The molecule has 3 heteroatoms. The van der Waals surface area contributed by atoms with Crippen LogP contribution in [0.4, 0.5) is 0 Å². The molecule has 0 aliphatic rings. The Morgan fingerprint density at radius 2 is 1.89 bits per heavy atom. The first-order chi connectivity index (χ1) is 8.67. The molecule has 1 aromatic carbocycles. The summed E-state index contributed by atoms with van der Waals surface area (Å²) < 4.78 is 0. The summed E-state index contributed by atoms with van der Waals surface area (Å²) in [5, 5.41) is 12.5. The van der Waals surface area contributed by atoms with Gasteiger partial charge >= 0.3 is 0 Å². The average molecular weight is 267 g/mol. The third-order valence-corrected chi connectivity index (χ3v) is 4.30. The number of benzene rings is 1. The van der Waals surface area contributed by atoms with Crippen molar-refractivity contribution in [2.24, 2.45) is 5.92 Å². The lowest BCUT2D eigenvalue weighted by Crippen LogP contribution is -2.23. The first-order valence-electron chi connectivity index (χ1n) is 6.66. The maximum atomic E-state index is 9.02. The Labute approximate surface area is 115 Å². The molecule has 0 saturated heterocycles. The molecule has 0 aromatic heterocycles. The van der Waals surface area contributed by atoms with Crippen molar-refractivity contribution in [1.29, 1.82) is 0 Å². The SMILES string of the molecule is CCNC(CSCC(C)CO)c1ccc(C)cc1. The molecule has 2 atom stereocenters. The second-order valence-corrected chi connectivity index (χ2v) is 5.92. The number of hydrogen-bond acceptors (Lipinski definition) is 3. The van der Waals surface area contributed by atoms with E-state index >= 15 is 0 Å². The number of aliphatic hydroxyl groups excluding tert-OH is 1. The van der Waals surface area contributed by atoms with E-state index in [-0.39, 0.29) is 6.61 Å². The number of aliphatic hydroxyl groups is 1. The fourth-order valence-electron chi connectivity index (χ4n) is 1.76. The number of hydrogen-bond donors (Lipinski definition) is 2. The Morgan fingerprint density at radius 3 is 2.44 bits per heavy atom. The molecule has 1 rings (SSSR count). The van der Waals surface area contributed by atoms with Crippen molar-refractivity contribution in [3.05, 3.63) is 35.4 Å². The lowest BCUT2D eigenvalue weighted by Gasteiger charge is -2.19. The van der Waals surface area contributed by atoms with E-state index < -0.39 is 0 Å². The summed E-state index contributed by atoms with van der Waals surface area (Å²) in [5.41, 5.74) is 2.65. The number of aryl methyl sites for hydroxylation is 1. The normalized spacial score (nSPS) is 14.4. The van der Waals surface area contributed by atoms with Gasteiger partial charge in [0, 0.05) is 18.4 Å². The van der Waals surface area contributed by atoms with Gasteiger partial charge in [-0.1, -0.05) is 43.7 Å². The van der Waals surface area contributed by atoms with Crippen molar-refractivity contribution in [3.63, 3.8) is 0 Å². The first kappa shape index (κ1) is 15.5. The molecule has 102 valence electrons. The van der Waals surface area contributed by atoms with E-state index in [1.54, 1.807) is 0 Å². The molecule has 0 radical (unpaired) electrons. The van der Waals surface area contributed by atoms with E-state index in [4.69, 9.17) is 5.11 Å². The number of nitrogens with one attached hydrogen (secondary N) is 1. The Kier molecular flexibility index (Phi) is 7.40. The standard InChI is InChI=1S/C15H25NOS/c1-4-16-15(11-18-10-13(3)9-17)14-7-5-12(2)6-8-14/h5-8,13,15-17H,4,9-11H2,1-3H3. The van der Waals surface area contributed by atoms with Crippen LogP contribution in [0.2, 0.25) is 0 Å². The Morgan fingerprint density at radius 1 is 1.22 bits per heavy atom. The molecule has 0 fully saturated rings. The van der Waals surface area contributed by atoms with Gasteiger partial charge in [-0.15, -0.1) is 0 Å². The van der Waals surface area contributed by atoms with E-state index in [9.17, 15) is 0 Å². The molecule has 2 N–H and O–H groups in total. The van der Waals surface area contributed by atoms with E-state index in [0.29, 0.717) is 12.0 Å². The zero-order valence-corrected chi connectivity index (χ0v) is 12.5. The monoisotopic (exact) mass is 267 g/mol. The molecule has 0 bridgehead atoms. The number of thioether (sulfide) groups is 1. The van der Waals surface area contributed by atoms with Gasteiger partial charge in [-0.25, -0.2) is 0 Å². The molecule has 0 spiro atoms. The summed E-state index contributed by atoms with van der Waals surface area (Å²) in [6, 6.07) is 9.16. The fourth-order valence-corrected chi connectivity index (χ4v) is 2.95. The summed E-state index contributed by atoms with van der Waals surface area (Å²) in [4.78, 5) is 0. The van der Waals surface area contributed by atoms with Crippen molar-refractivity contribution in [2.45, 2.75) is 26.8 Å². The predicted molar refractivity (Wildman–Crippen MR) is 81.2 cm³/mol. The minimum Gasteiger partial charge on any atom is -0.396 e. The minimum absolute atomic E-state index is 0.281. The quantitative estimate of drug-likeness (QED) is 0.759. The van der Waals surface area contributed by atoms with Gasteiger partial charge in [0.15, 0.2) is 0 Å². The van der Waals surface area contributed by atoms with Gasteiger partial charge in [-0.2, -0.15) is 11.8 Å². The second kappa shape index (κ2) is 8.57. The van der Waals surface area contributed by atoms with Crippen LogP contribution in [-0.4, -0.2) is 29.8 Å². The third kappa shape index (κ3) is 5.42. The molecule has 2 unspecified atom stereocenters. The summed E-state index contributed by atoms with van der Waals surface area (Å²) in [6.07, 6.45) is 0. The van der Waals surface area contributed by atoms with Crippen molar-refractivity contribution >= 4 is 11.8 Å². The van der Waals surface area contributed by atoms with Crippen LogP contribution in [0, 0.1) is 12.8 Å². The molecule has 0 aliphatic heterocycles. The summed E-state index contributed by atoms with van der Waals surface area (Å²) in [7, 11) is 0. The van der Waals surface area contributed by atoms with Crippen LogP contribution in [-0.2, 0) is 0 Å². The smallest absolute Gasteiger partial charge is 0.0464 e. The molecule has 0 aliphatic carbocycles. The van der Waals surface area contributed by atoms with Gasteiger partial charge in [0.25, 0.3) is 0 Å². The van der Waals surface area contributed by atoms with Crippen molar-refractivity contribution in [2.75, 3.05) is 24.7 Å². The highest BCUT2D eigenvalue weighted by atomic mass is 32.2. The summed E-state index contributed by atoms with van der Waals surface area (Å²) in [5.74, 6) is 2.46. The van der Waals surface area contributed by atoms with Gasteiger partial charge in [0.1, 0.15) is 0 Å². The predicted octanol–water partition coefficient (Wildman–Crippen LogP) is 3.01. The van der Waals surface area contributed by atoms with Crippen molar-refractivity contribution in [3.8, 4) is 0 Å². The molecule has 0 amide bonds. The first-order valence-corrected chi connectivity index (χ1v) is 7.81. The molecule has 2 nitrogen and oxygen atoms in total. The molecule has 0 saturated carbocycles. The highest BCUT2D eigenvalue weighted by Gasteiger charge is 2.10. The molecule has 1 aromatic rings. The molecule has 0 heterocycles. The van der Waals surface area contributed by atoms with E-state index in [1.807, 2.05) is 11.8 Å². The summed E-state index contributed by atoms with van der Waals surface area (Å²) >= 11 is 1.91. The van der Waals surface area contributed by atoms with Gasteiger partial charge in [0.2, 0.25) is 0 Å². The Bertz CT molecular complexity index is 326. The number of rotatable bonds is 8. The van der Waals surface area contributed by atoms with Crippen LogP contribution < -0.4 is 5.32 Å². The second-order valence-electron chi connectivity index (χ2n) is 4.85. The minimum atomic E-state index is 0.281. The molecular formula is C15H25NOS. The van der Waals surface area contributed by atoms with Crippen LogP contribution in [0.5, 0.6) is 0 Å². The maximum Gasteiger partial charge on any atom is 0.0464 e. The van der Waals surface area contributed by atoms with Crippen molar-refractivity contribution < 1.29 is 5.11 Å². The lowest BCUT2D eigenvalue weighted by atomic mass is 10.1.